The van der Waals surface area contributed by atoms with Gasteiger partial charge in [-0.2, -0.15) is 5.10 Å². The Morgan fingerprint density at radius 3 is 2.58 bits per heavy atom. The second-order valence-corrected chi connectivity index (χ2v) is 4.75. The Labute approximate surface area is 116 Å². The zero-order chi connectivity index (χ0) is 13.4. The third-order valence-electron chi connectivity index (χ3n) is 2.83. The van der Waals surface area contributed by atoms with Gasteiger partial charge in [0.05, 0.1) is 16.1 Å². The van der Waals surface area contributed by atoms with E-state index >= 15 is 0 Å². The molecule has 0 N–H and O–H groups in total. The fraction of sp³-hybridized carbons (Fsp3) is 0. The Hall–Kier alpha value is -2.21. The van der Waals surface area contributed by atoms with E-state index in [0.29, 0.717) is 4.60 Å². The van der Waals surface area contributed by atoms with Gasteiger partial charge in [-0.15, -0.1) is 0 Å². The van der Waals surface area contributed by atoms with Crippen molar-refractivity contribution in [1.29, 1.82) is 0 Å². The summed E-state index contributed by atoms with van der Waals surface area (Å²) in [6, 6.07) is 14.3. The molecule has 1 heterocycles. The molecule has 0 radical (unpaired) electrons. The highest BCUT2D eigenvalue weighted by Crippen LogP contribution is 2.29. The summed E-state index contributed by atoms with van der Waals surface area (Å²) in [7, 11) is 0. The van der Waals surface area contributed by atoms with Crippen molar-refractivity contribution in [2.24, 2.45) is 0 Å². The Kier molecular flexibility index (Phi) is 2.79. The normalized spacial score (nSPS) is 10.8. The lowest BCUT2D eigenvalue weighted by molar-refractivity contribution is -0.384. The molecule has 94 valence electrons. The van der Waals surface area contributed by atoms with Crippen LogP contribution >= 0.6 is 15.9 Å². The van der Waals surface area contributed by atoms with Gasteiger partial charge in [0.1, 0.15) is 4.60 Å². The van der Waals surface area contributed by atoms with Crippen LogP contribution in [0.5, 0.6) is 0 Å². The predicted octanol–water partition coefficient (Wildman–Crippen LogP) is 3.70. The Morgan fingerprint density at radius 1 is 1.16 bits per heavy atom. The van der Waals surface area contributed by atoms with Gasteiger partial charge in [0.25, 0.3) is 5.69 Å². The lowest BCUT2D eigenvalue weighted by Crippen LogP contribution is -1.95. The van der Waals surface area contributed by atoms with Crippen LogP contribution in [0.4, 0.5) is 5.69 Å². The van der Waals surface area contributed by atoms with Crippen LogP contribution in [0.1, 0.15) is 0 Å². The highest BCUT2D eigenvalue weighted by atomic mass is 79.9. The average Bonchev–Trinajstić information content (AvgIpc) is 2.77. The smallest absolute Gasteiger partial charge is 0.258 e. The molecule has 3 rings (SSSR count). The zero-order valence-electron chi connectivity index (χ0n) is 9.65. The molecule has 0 amide bonds. The lowest BCUT2D eigenvalue weighted by atomic mass is 10.2. The number of non-ortho nitro benzene ring substituents is 1. The van der Waals surface area contributed by atoms with Gasteiger partial charge in [0, 0.05) is 17.5 Å². The summed E-state index contributed by atoms with van der Waals surface area (Å²) >= 11 is 3.34. The molecule has 0 bridgehead atoms. The maximum atomic E-state index is 10.8. The molecule has 1 aromatic heterocycles. The molecule has 0 unspecified atom stereocenters. The van der Waals surface area contributed by atoms with Crippen LogP contribution in [-0.2, 0) is 0 Å². The summed E-state index contributed by atoms with van der Waals surface area (Å²) in [4.78, 5) is 10.4. The van der Waals surface area contributed by atoms with Crippen LogP contribution in [0, 0.1) is 10.1 Å². The minimum atomic E-state index is -0.411. The number of rotatable bonds is 2. The van der Waals surface area contributed by atoms with Crippen LogP contribution in [-0.4, -0.2) is 14.7 Å². The van der Waals surface area contributed by atoms with Crippen molar-refractivity contribution >= 4 is 32.5 Å². The van der Waals surface area contributed by atoms with E-state index in [4.69, 9.17) is 0 Å². The summed E-state index contributed by atoms with van der Waals surface area (Å²) in [6.07, 6.45) is 0. The zero-order valence-corrected chi connectivity index (χ0v) is 11.2. The molecule has 6 heteroatoms. The van der Waals surface area contributed by atoms with Crippen molar-refractivity contribution in [3.05, 3.63) is 63.2 Å². The van der Waals surface area contributed by atoms with Crippen LogP contribution in [0.15, 0.2) is 53.1 Å². The van der Waals surface area contributed by atoms with Gasteiger partial charge in [0.15, 0.2) is 0 Å². The first-order valence-corrected chi connectivity index (χ1v) is 6.34. The van der Waals surface area contributed by atoms with Gasteiger partial charge < -0.3 is 0 Å². The van der Waals surface area contributed by atoms with Crippen LogP contribution < -0.4 is 0 Å². The molecule has 0 atom stereocenters. The molecule has 0 saturated carbocycles. The number of hydrogen-bond donors (Lipinski definition) is 0. The van der Waals surface area contributed by atoms with Crippen molar-refractivity contribution in [3.8, 4) is 5.69 Å². The van der Waals surface area contributed by atoms with Gasteiger partial charge in [-0.05, 0) is 34.1 Å². The topological polar surface area (TPSA) is 61.0 Å². The maximum absolute atomic E-state index is 10.8. The number of nitro benzene ring substituents is 1. The summed E-state index contributed by atoms with van der Waals surface area (Å²) in [6.45, 7) is 0. The first-order valence-electron chi connectivity index (χ1n) is 5.55. The Morgan fingerprint density at radius 2 is 1.89 bits per heavy atom. The SMILES string of the molecule is O=[N+]([O-])c1ccc2c(c1)c(Br)nn2-c1ccccc1. The van der Waals surface area contributed by atoms with E-state index in [1.54, 1.807) is 10.7 Å². The van der Waals surface area contributed by atoms with E-state index in [2.05, 4.69) is 21.0 Å². The Bertz CT molecular complexity index is 768. The molecular weight excluding hydrogens is 310 g/mol. The maximum Gasteiger partial charge on any atom is 0.270 e. The van der Waals surface area contributed by atoms with Gasteiger partial charge in [-0.3, -0.25) is 10.1 Å². The molecule has 0 aliphatic heterocycles. The van der Waals surface area contributed by atoms with Crippen molar-refractivity contribution in [1.82, 2.24) is 9.78 Å². The largest absolute Gasteiger partial charge is 0.270 e. The Balaban J connectivity index is 2.26. The molecule has 19 heavy (non-hydrogen) atoms. The second-order valence-electron chi connectivity index (χ2n) is 4.00. The number of nitrogens with zero attached hydrogens (tertiary/aromatic N) is 3. The monoisotopic (exact) mass is 317 g/mol. The number of halogens is 1. The van der Waals surface area contributed by atoms with E-state index in [1.165, 1.54) is 12.1 Å². The number of nitro groups is 1. The number of benzene rings is 2. The molecule has 2 aromatic carbocycles. The molecule has 0 saturated heterocycles. The van der Waals surface area contributed by atoms with Gasteiger partial charge >= 0.3 is 0 Å². The number of fused-ring (bicyclic) bond motifs is 1. The predicted molar refractivity (Wildman–Crippen MR) is 75.4 cm³/mol. The molecule has 0 fully saturated rings. The van der Waals surface area contributed by atoms with E-state index in [0.717, 1.165) is 16.6 Å². The van der Waals surface area contributed by atoms with Gasteiger partial charge in [-0.1, -0.05) is 18.2 Å². The van der Waals surface area contributed by atoms with Gasteiger partial charge in [-0.25, -0.2) is 4.68 Å². The standard InChI is InChI=1S/C13H8BrN3O2/c14-13-11-8-10(17(18)19)6-7-12(11)16(15-13)9-4-2-1-3-5-9/h1-8H. The average molecular weight is 318 g/mol. The van der Waals surface area contributed by atoms with E-state index < -0.39 is 4.92 Å². The minimum absolute atomic E-state index is 0.0563. The third kappa shape index (κ3) is 2.00. The summed E-state index contributed by atoms with van der Waals surface area (Å²) in [5.41, 5.74) is 1.79. The molecule has 0 aliphatic carbocycles. The number of aromatic nitrogens is 2. The highest BCUT2D eigenvalue weighted by Gasteiger charge is 2.14. The first-order chi connectivity index (χ1) is 9.16. The van der Waals surface area contributed by atoms with Crippen molar-refractivity contribution in [3.63, 3.8) is 0 Å². The first kappa shape index (κ1) is 11.9. The van der Waals surface area contributed by atoms with E-state index in [1.807, 2.05) is 30.3 Å². The van der Waals surface area contributed by atoms with E-state index in [-0.39, 0.29) is 5.69 Å². The minimum Gasteiger partial charge on any atom is -0.258 e. The van der Waals surface area contributed by atoms with Crippen LogP contribution in [0.25, 0.3) is 16.6 Å². The quantitative estimate of drug-likeness (QED) is 0.535. The summed E-state index contributed by atoms with van der Waals surface area (Å²) in [5.74, 6) is 0. The fourth-order valence-electron chi connectivity index (χ4n) is 1.95. The summed E-state index contributed by atoms with van der Waals surface area (Å²) < 4.78 is 2.35. The molecule has 3 aromatic rings. The second kappa shape index (κ2) is 4.47. The van der Waals surface area contributed by atoms with Crippen molar-refractivity contribution in [2.45, 2.75) is 0 Å². The van der Waals surface area contributed by atoms with Gasteiger partial charge in [0.2, 0.25) is 0 Å². The molecular formula is C13H8BrN3O2. The molecule has 5 nitrogen and oxygen atoms in total. The van der Waals surface area contributed by atoms with Crippen molar-refractivity contribution < 1.29 is 4.92 Å². The van der Waals surface area contributed by atoms with Crippen molar-refractivity contribution in [2.75, 3.05) is 0 Å². The van der Waals surface area contributed by atoms with Crippen LogP contribution in [0.3, 0.4) is 0 Å². The van der Waals surface area contributed by atoms with E-state index in [9.17, 15) is 10.1 Å². The number of hydrogen-bond acceptors (Lipinski definition) is 3. The third-order valence-corrected chi connectivity index (χ3v) is 3.42. The number of para-hydroxylation sites is 1. The molecule has 0 aliphatic rings. The molecule has 0 spiro atoms. The fourth-order valence-corrected chi connectivity index (χ4v) is 2.43. The lowest BCUT2D eigenvalue weighted by Gasteiger charge is -2.02. The highest BCUT2D eigenvalue weighted by molar-refractivity contribution is 9.10. The van der Waals surface area contributed by atoms with Crippen LogP contribution in [0.2, 0.25) is 0 Å². The summed E-state index contributed by atoms with van der Waals surface area (Å²) in [5, 5.41) is 15.9.